The number of aryl methyl sites for hydroxylation is 2. The Labute approximate surface area is 181 Å². The summed E-state index contributed by atoms with van der Waals surface area (Å²) in [5, 5.41) is 3.03. The van der Waals surface area contributed by atoms with E-state index in [1.54, 1.807) is 24.5 Å². The molecule has 0 aliphatic carbocycles. The smallest absolute Gasteiger partial charge is 0.253 e. The van der Waals surface area contributed by atoms with Gasteiger partial charge in [-0.25, -0.2) is 4.98 Å². The van der Waals surface area contributed by atoms with E-state index < -0.39 is 0 Å². The molecule has 0 saturated heterocycles. The molecule has 0 aliphatic heterocycles. The maximum Gasteiger partial charge on any atom is 0.253 e. The number of imidazole rings is 1. The molecule has 0 saturated carbocycles. The number of carbonyl (C=O) groups excluding carboxylic acids is 1. The van der Waals surface area contributed by atoms with Crippen LogP contribution in [0.25, 0.3) is 11.0 Å². The number of ether oxygens (including phenoxy) is 1. The summed E-state index contributed by atoms with van der Waals surface area (Å²) in [5.74, 6) is 1.47. The Balaban J connectivity index is 1.53. The number of pyridine rings is 1. The molecule has 6 nitrogen and oxygen atoms in total. The number of fused-ring (bicyclic) bond motifs is 1. The molecule has 31 heavy (non-hydrogen) atoms. The monoisotopic (exact) mass is 414 g/mol. The van der Waals surface area contributed by atoms with Gasteiger partial charge in [0.25, 0.3) is 5.91 Å². The summed E-state index contributed by atoms with van der Waals surface area (Å²) in [6, 6.07) is 17.3. The van der Waals surface area contributed by atoms with Crippen LogP contribution in [0.2, 0.25) is 0 Å². The molecule has 2 aromatic carbocycles. The molecular weight excluding hydrogens is 388 g/mol. The van der Waals surface area contributed by atoms with Gasteiger partial charge in [0.1, 0.15) is 18.2 Å². The number of nitrogens with zero attached hydrogens (tertiary/aromatic N) is 3. The SMILES string of the molecule is Cc1ccc(OCCn2c(C(C)NC(=O)c3cccnc3)nc3ccccc32)cc1C. The van der Waals surface area contributed by atoms with Crippen molar-refractivity contribution in [2.45, 2.75) is 33.4 Å². The number of hydrogen-bond donors (Lipinski definition) is 1. The standard InChI is InChI=1S/C25H26N4O2/c1-17-10-11-21(15-18(17)2)31-14-13-29-23-9-5-4-8-22(23)28-24(29)19(3)27-25(30)20-7-6-12-26-16-20/h4-12,15-16,19H,13-14H2,1-3H3,(H,27,30). The number of nitrogens with one attached hydrogen (secondary N) is 1. The van der Waals surface area contributed by atoms with Gasteiger partial charge in [0.2, 0.25) is 0 Å². The highest BCUT2D eigenvalue weighted by Gasteiger charge is 2.19. The van der Waals surface area contributed by atoms with Gasteiger partial charge in [-0.15, -0.1) is 0 Å². The molecule has 2 aromatic heterocycles. The summed E-state index contributed by atoms with van der Waals surface area (Å²) in [5.41, 5.74) is 4.89. The molecule has 0 fully saturated rings. The first-order chi connectivity index (χ1) is 15.0. The van der Waals surface area contributed by atoms with Crippen LogP contribution in [0.3, 0.4) is 0 Å². The number of carbonyl (C=O) groups is 1. The third kappa shape index (κ3) is 4.58. The lowest BCUT2D eigenvalue weighted by molar-refractivity contribution is 0.0937. The molecule has 158 valence electrons. The van der Waals surface area contributed by atoms with Crippen LogP contribution in [-0.4, -0.2) is 27.0 Å². The molecule has 0 bridgehead atoms. The van der Waals surface area contributed by atoms with Crippen LogP contribution in [0.4, 0.5) is 0 Å². The predicted octanol–water partition coefficient (Wildman–Crippen LogP) is 4.62. The summed E-state index contributed by atoms with van der Waals surface area (Å²) in [6.07, 6.45) is 3.21. The lowest BCUT2D eigenvalue weighted by atomic mass is 10.1. The summed E-state index contributed by atoms with van der Waals surface area (Å²) in [4.78, 5) is 21.4. The summed E-state index contributed by atoms with van der Waals surface area (Å²) < 4.78 is 8.12. The molecule has 4 aromatic rings. The maximum absolute atomic E-state index is 12.6. The number of hydrogen-bond acceptors (Lipinski definition) is 4. The third-order valence-electron chi connectivity index (χ3n) is 5.40. The van der Waals surface area contributed by atoms with E-state index >= 15 is 0 Å². The minimum absolute atomic E-state index is 0.175. The van der Waals surface area contributed by atoms with Gasteiger partial charge in [-0.3, -0.25) is 9.78 Å². The molecule has 0 radical (unpaired) electrons. The highest BCUT2D eigenvalue weighted by Crippen LogP contribution is 2.22. The first-order valence-corrected chi connectivity index (χ1v) is 10.4. The van der Waals surface area contributed by atoms with Gasteiger partial charge in [-0.2, -0.15) is 0 Å². The number of benzene rings is 2. The number of rotatable bonds is 7. The lowest BCUT2D eigenvalue weighted by Crippen LogP contribution is -2.29. The van der Waals surface area contributed by atoms with Gasteiger partial charge >= 0.3 is 0 Å². The van der Waals surface area contributed by atoms with Crippen molar-refractivity contribution in [3.8, 4) is 5.75 Å². The number of aromatic nitrogens is 3. The summed E-state index contributed by atoms with van der Waals surface area (Å²) in [6.45, 7) is 7.23. The highest BCUT2D eigenvalue weighted by molar-refractivity contribution is 5.94. The van der Waals surface area contributed by atoms with E-state index in [1.165, 1.54) is 11.1 Å². The zero-order valence-electron chi connectivity index (χ0n) is 18.0. The van der Waals surface area contributed by atoms with Crippen LogP contribution < -0.4 is 10.1 Å². The molecule has 2 heterocycles. The average Bonchev–Trinajstić information content (AvgIpc) is 3.15. The van der Waals surface area contributed by atoms with E-state index in [4.69, 9.17) is 9.72 Å². The van der Waals surface area contributed by atoms with Gasteiger partial charge in [0.15, 0.2) is 0 Å². The van der Waals surface area contributed by atoms with E-state index in [9.17, 15) is 4.79 Å². The fraction of sp³-hybridized carbons (Fsp3) is 0.240. The van der Waals surface area contributed by atoms with Crippen LogP contribution in [0, 0.1) is 13.8 Å². The minimum Gasteiger partial charge on any atom is -0.492 e. The Morgan fingerprint density at radius 2 is 1.94 bits per heavy atom. The molecule has 1 atom stereocenters. The zero-order valence-corrected chi connectivity index (χ0v) is 18.0. The number of amides is 1. The van der Waals surface area contributed by atoms with Crippen LogP contribution in [0.1, 0.15) is 40.3 Å². The summed E-state index contributed by atoms with van der Waals surface area (Å²) >= 11 is 0. The van der Waals surface area contributed by atoms with Gasteiger partial charge in [-0.1, -0.05) is 18.2 Å². The predicted molar refractivity (Wildman–Crippen MR) is 121 cm³/mol. The van der Waals surface area contributed by atoms with Crippen LogP contribution >= 0.6 is 0 Å². The van der Waals surface area contributed by atoms with Crippen molar-refractivity contribution in [2.75, 3.05) is 6.61 Å². The maximum atomic E-state index is 12.6. The molecule has 6 heteroatoms. The molecule has 0 spiro atoms. The fourth-order valence-corrected chi connectivity index (χ4v) is 3.56. The molecule has 0 aliphatic rings. The first kappa shape index (κ1) is 20.6. The second kappa shape index (κ2) is 9.00. The Hall–Kier alpha value is -3.67. The van der Waals surface area contributed by atoms with Crippen molar-refractivity contribution < 1.29 is 9.53 Å². The van der Waals surface area contributed by atoms with Crippen molar-refractivity contribution in [2.24, 2.45) is 0 Å². The lowest BCUT2D eigenvalue weighted by Gasteiger charge is -2.17. The van der Waals surface area contributed by atoms with Crippen molar-refractivity contribution in [1.29, 1.82) is 0 Å². The van der Waals surface area contributed by atoms with Crippen molar-refractivity contribution in [1.82, 2.24) is 19.9 Å². The highest BCUT2D eigenvalue weighted by atomic mass is 16.5. The largest absolute Gasteiger partial charge is 0.492 e. The third-order valence-corrected chi connectivity index (χ3v) is 5.40. The fourth-order valence-electron chi connectivity index (χ4n) is 3.56. The molecule has 4 rings (SSSR count). The van der Waals surface area contributed by atoms with Crippen LogP contribution in [0.5, 0.6) is 5.75 Å². The molecular formula is C25H26N4O2. The van der Waals surface area contributed by atoms with E-state index in [1.807, 2.05) is 37.3 Å². The number of para-hydroxylation sites is 2. The average molecular weight is 415 g/mol. The van der Waals surface area contributed by atoms with E-state index in [2.05, 4.69) is 40.8 Å². The van der Waals surface area contributed by atoms with Crippen molar-refractivity contribution in [3.05, 3.63) is 89.5 Å². The quantitative estimate of drug-likeness (QED) is 0.479. The van der Waals surface area contributed by atoms with Gasteiger partial charge in [0.05, 0.1) is 29.2 Å². The Bertz CT molecular complexity index is 1200. The van der Waals surface area contributed by atoms with E-state index in [-0.39, 0.29) is 11.9 Å². The Morgan fingerprint density at radius 1 is 1.10 bits per heavy atom. The Morgan fingerprint density at radius 3 is 2.71 bits per heavy atom. The first-order valence-electron chi connectivity index (χ1n) is 10.4. The second-order valence-corrected chi connectivity index (χ2v) is 7.64. The van der Waals surface area contributed by atoms with Gasteiger partial charge in [0, 0.05) is 12.4 Å². The van der Waals surface area contributed by atoms with Crippen molar-refractivity contribution in [3.63, 3.8) is 0 Å². The summed E-state index contributed by atoms with van der Waals surface area (Å²) in [7, 11) is 0. The Kier molecular flexibility index (Phi) is 5.98. The minimum atomic E-state index is -0.276. The van der Waals surface area contributed by atoms with Crippen molar-refractivity contribution >= 4 is 16.9 Å². The second-order valence-electron chi connectivity index (χ2n) is 7.64. The van der Waals surface area contributed by atoms with Crippen LogP contribution in [-0.2, 0) is 6.54 Å². The van der Waals surface area contributed by atoms with E-state index in [0.29, 0.717) is 18.7 Å². The molecule has 1 N–H and O–H groups in total. The normalized spacial score (nSPS) is 12.0. The zero-order chi connectivity index (χ0) is 21.8. The van der Waals surface area contributed by atoms with Crippen LogP contribution in [0.15, 0.2) is 67.0 Å². The molecule has 1 unspecified atom stereocenters. The van der Waals surface area contributed by atoms with Gasteiger partial charge in [-0.05, 0) is 68.3 Å². The topological polar surface area (TPSA) is 69.0 Å². The van der Waals surface area contributed by atoms with Gasteiger partial charge < -0.3 is 14.6 Å². The van der Waals surface area contributed by atoms with E-state index in [0.717, 1.165) is 22.6 Å². The molecule has 1 amide bonds.